The average Bonchev–Trinajstić information content (AvgIpc) is 3.38. The van der Waals surface area contributed by atoms with E-state index in [1.54, 1.807) is 7.11 Å². The van der Waals surface area contributed by atoms with Gasteiger partial charge in [-0.05, 0) is 37.1 Å². The normalized spacial score (nSPS) is 18.8. The Labute approximate surface area is 178 Å². The summed E-state index contributed by atoms with van der Waals surface area (Å²) < 4.78 is 16.7. The highest BCUT2D eigenvalue weighted by Crippen LogP contribution is 2.27. The summed E-state index contributed by atoms with van der Waals surface area (Å²) in [5.74, 6) is 2.19. The molecule has 1 aromatic heterocycles. The monoisotopic (exact) mass is 406 g/mol. The standard InChI is InChI=1S/C25H30N2O3/c1-18-4-6-20(7-5-18)14-27(15-21-8-10-23(28-3)11-9-21)25-17-29-16-22(25)13-24-12-19(2)26-30-24/h4-12,22,25H,13-17H2,1-3H3/t22-,25-/m1/s1. The van der Waals surface area contributed by atoms with Gasteiger partial charge in [0.25, 0.3) is 0 Å². The van der Waals surface area contributed by atoms with Gasteiger partial charge in [-0.1, -0.05) is 47.1 Å². The number of methoxy groups -OCH3 is 1. The van der Waals surface area contributed by atoms with Crippen LogP contribution >= 0.6 is 0 Å². The molecule has 0 amide bonds. The van der Waals surface area contributed by atoms with Crippen molar-refractivity contribution in [2.24, 2.45) is 5.92 Å². The highest BCUT2D eigenvalue weighted by molar-refractivity contribution is 5.27. The number of ether oxygens (including phenoxy) is 2. The highest BCUT2D eigenvalue weighted by atomic mass is 16.5. The van der Waals surface area contributed by atoms with Crippen molar-refractivity contribution in [3.05, 3.63) is 82.7 Å². The molecule has 3 aromatic rings. The molecule has 0 unspecified atom stereocenters. The van der Waals surface area contributed by atoms with Gasteiger partial charge in [0.1, 0.15) is 11.5 Å². The third-order valence-corrected chi connectivity index (χ3v) is 5.82. The van der Waals surface area contributed by atoms with E-state index in [1.807, 2.05) is 25.1 Å². The Morgan fingerprint density at radius 2 is 1.63 bits per heavy atom. The van der Waals surface area contributed by atoms with E-state index in [0.29, 0.717) is 12.0 Å². The second-order valence-corrected chi connectivity index (χ2v) is 8.24. The lowest BCUT2D eigenvalue weighted by atomic mass is 9.95. The number of hydrogen-bond donors (Lipinski definition) is 0. The van der Waals surface area contributed by atoms with E-state index in [1.165, 1.54) is 16.7 Å². The average molecular weight is 407 g/mol. The van der Waals surface area contributed by atoms with Crippen molar-refractivity contribution in [3.63, 3.8) is 0 Å². The molecule has 4 rings (SSSR count). The Hall–Kier alpha value is -2.63. The number of nitrogens with zero attached hydrogens (tertiary/aromatic N) is 2. The smallest absolute Gasteiger partial charge is 0.137 e. The molecule has 2 heterocycles. The number of benzene rings is 2. The minimum Gasteiger partial charge on any atom is -0.497 e. The second-order valence-electron chi connectivity index (χ2n) is 8.24. The summed E-state index contributed by atoms with van der Waals surface area (Å²) in [6, 6.07) is 19.5. The van der Waals surface area contributed by atoms with Crippen molar-refractivity contribution >= 4 is 0 Å². The van der Waals surface area contributed by atoms with Crippen LogP contribution in [0.15, 0.2) is 59.1 Å². The molecule has 0 aliphatic carbocycles. The van der Waals surface area contributed by atoms with Gasteiger partial charge in [0.05, 0.1) is 26.0 Å². The van der Waals surface area contributed by atoms with E-state index in [2.05, 4.69) is 53.4 Å². The summed E-state index contributed by atoms with van der Waals surface area (Å²) in [5, 5.41) is 4.05. The Kier molecular flexibility index (Phi) is 6.50. The number of rotatable bonds is 8. The van der Waals surface area contributed by atoms with E-state index in [-0.39, 0.29) is 0 Å². The zero-order chi connectivity index (χ0) is 20.9. The van der Waals surface area contributed by atoms with E-state index in [0.717, 1.165) is 49.9 Å². The summed E-state index contributed by atoms with van der Waals surface area (Å²) in [6.45, 7) is 7.31. The van der Waals surface area contributed by atoms with E-state index < -0.39 is 0 Å². The van der Waals surface area contributed by atoms with Crippen LogP contribution in [0.4, 0.5) is 0 Å². The van der Waals surface area contributed by atoms with Gasteiger partial charge in [0.15, 0.2) is 0 Å². The van der Waals surface area contributed by atoms with Gasteiger partial charge in [-0.25, -0.2) is 0 Å². The van der Waals surface area contributed by atoms with Crippen molar-refractivity contribution in [2.45, 2.75) is 39.4 Å². The maximum Gasteiger partial charge on any atom is 0.137 e. The highest BCUT2D eigenvalue weighted by Gasteiger charge is 2.34. The molecule has 1 aliphatic rings. The summed E-state index contributed by atoms with van der Waals surface area (Å²) in [5.41, 5.74) is 4.79. The lowest BCUT2D eigenvalue weighted by Gasteiger charge is -2.32. The molecular formula is C25H30N2O3. The first-order valence-corrected chi connectivity index (χ1v) is 10.5. The van der Waals surface area contributed by atoms with Gasteiger partial charge in [-0.3, -0.25) is 4.90 Å². The first-order chi connectivity index (χ1) is 14.6. The molecule has 158 valence electrons. The molecule has 0 bridgehead atoms. The molecule has 1 aliphatic heterocycles. The van der Waals surface area contributed by atoms with Crippen LogP contribution in [0.25, 0.3) is 0 Å². The van der Waals surface area contributed by atoms with E-state index >= 15 is 0 Å². The Morgan fingerprint density at radius 1 is 0.967 bits per heavy atom. The molecule has 0 spiro atoms. The molecule has 0 radical (unpaired) electrons. The van der Waals surface area contributed by atoms with Crippen LogP contribution in [0.3, 0.4) is 0 Å². The predicted octanol–water partition coefficient (Wildman–Crippen LogP) is 4.56. The van der Waals surface area contributed by atoms with Crippen LogP contribution < -0.4 is 4.74 Å². The first kappa shape index (κ1) is 20.6. The third-order valence-electron chi connectivity index (χ3n) is 5.82. The van der Waals surface area contributed by atoms with Gasteiger partial charge in [0.2, 0.25) is 0 Å². The number of aromatic nitrogens is 1. The van der Waals surface area contributed by atoms with E-state index in [4.69, 9.17) is 14.0 Å². The van der Waals surface area contributed by atoms with Crippen LogP contribution in [-0.2, 0) is 24.2 Å². The molecule has 1 saturated heterocycles. The zero-order valence-corrected chi connectivity index (χ0v) is 18.0. The van der Waals surface area contributed by atoms with Crippen LogP contribution in [0, 0.1) is 19.8 Å². The Morgan fingerprint density at radius 3 is 2.23 bits per heavy atom. The van der Waals surface area contributed by atoms with E-state index in [9.17, 15) is 0 Å². The molecule has 5 heteroatoms. The van der Waals surface area contributed by atoms with Crippen molar-refractivity contribution in [2.75, 3.05) is 20.3 Å². The fourth-order valence-electron chi connectivity index (χ4n) is 4.14. The fraction of sp³-hybridized carbons (Fsp3) is 0.400. The minimum atomic E-state index is 0.318. The third kappa shape index (κ3) is 5.10. The molecule has 30 heavy (non-hydrogen) atoms. The Balaban J connectivity index is 1.54. The second kappa shape index (κ2) is 9.45. The molecule has 0 saturated carbocycles. The molecule has 2 aromatic carbocycles. The fourth-order valence-corrected chi connectivity index (χ4v) is 4.14. The predicted molar refractivity (Wildman–Crippen MR) is 116 cm³/mol. The topological polar surface area (TPSA) is 47.7 Å². The van der Waals surface area contributed by atoms with Gasteiger partial charge in [-0.2, -0.15) is 0 Å². The van der Waals surface area contributed by atoms with Crippen LogP contribution in [0.5, 0.6) is 5.75 Å². The lowest BCUT2D eigenvalue weighted by Crippen LogP contribution is -2.40. The molecular weight excluding hydrogens is 376 g/mol. The summed E-state index contributed by atoms with van der Waals surface area (Å²) in [4.78, 5) is 2.54. The van der Waals surface area contributed by atoms with Crippen molar-refractivity contribution in [1.82, 2.24) is 10.1 Å². The van der Waals surface area contributed by atoms with Gasteiger partial charge in [0, 0.05) is 37.5 Å². The van der Waals surface area contributed by atoms with Crippen molar-refractivity contribution in [3.8, 4) is 5.75 Å². The molecule has 0 N–H and O–H groups in total. The Bertz CT molecular complexity index is 934. The summed E-state index contributed by atoms with van der Waals surface area (Å²) in [6.07, 6.45) is 0.846. The maximum absolute atomic E-state index is 5.94. The molecule has 2 atom stereocenters. The zero-order valence-electron chi connectivity index (χ0n) is 18.0. The van der Waals surface area contributed by atoms with Crippen LogP contribution in [0.2, 0.25) is 0 Å². The van der Waals surface area contributed by atoms with Gasteiger partial charge in [-0.15, -0.1) is 0 Å². The van der Waals surface area contributed by atoms with Crippen molar-refractivity contribution in [1.29, 1.82) is 0 Å². The first-order valence-electron chi connectivity index (χ1n) is 10.5. The van der Waals surface area contributed by atoms with Gasteiger partial charge < -0.3 is 14.0 Å². The van der Waals surface area contributed by atoms with Crippen LogP contribution in [-0.4, -0.2) is 36.4 Å². The van der Waals surface area contributed by atoms with Crippen molar-refractivity contribution < 1.29 is 14.0 Å². The van der Waals surface area contributed by atoms with Gasteiger partial charge >= 0.3 is 0 Å². The number of aryl methyl sites for hydroxylation is 2. The summed E-state index contributed by atoms with van der Waals surface area (Å²) in [7, 11) is 1.70. The minimum absolute atomic E-state index is 0.318. The summed E-state index contributed by atoms with van der Waals surface area (Å²) >= 11 is 0. The SMILES string of the molecule is COc1ccc(CN(Cc2ccc(C)cc2)[C@@H]2COC[C@H]2Cc2cc(C)no2)cc1. The van der Waals surface area contributed by atoms with Crippen LogP contribution in [0.1, 0.15) is 28.1 Å². The molecule has 5 nitrogen and oxygen atoms in total. The largest absolute Gasteiger partial charge is 0.497 e. The quantitative estimate of drug-likeness (QED) is 0.549. The number of hydrogen-bond acceptors (Lipinski definition) is 5. The maximum atomic E-state index is 5.94. The molecule has 1 fully saturated rings. The lowest BCUT2D eigenvalue weighted by molar-refractivity contribution is 0.127.